The van der Waals surface area contributed by atoms with Crippen LogP contribution in [0.4, 0.5) is 10.5 Å². The van der Waals surface area contributed by atoms with Gasteiger partial charge in [-0.3, -0.25) is 10.1 Å². The SMILES string of the molecule is CC(C)[C@@H](NS(=O)(=O)c1ccc(-c2ccc(OC(=O)Nc3ccc(OCc4ccccc4)cc3)cc2)cc1)C(=O)O. The largest absolute Gasteiger partial charge is 0.489 e. The number of rotatable bonds is 11. The van der Waals surface area contributed by atoms with Gasteiger partial charge in [0.15, 0.2) is 0 Å². The Hall–Kier alpha value is -4.67. The van der Waals surface area contributed by atoms with Crippen LogP contribution in [0.1, 0.15) is 19.4 Å². The summed E-state index contributed by atoms with van der Waals surface area (Å²) in [6.45, 7) is 3.70. The van der Waals surface area contributed by atoms with Crippen molar-refractivity contribution >= 4 is 27.8 Å². The van der Waals surface area contributed by atoms with Crippen LogP contribution in [-0.4, -0.2) is 31.6 Å². The third-order valence-electron chi connectivity index (χ3n) is 6.13. The maximum Gasteiger partial charge on any atom is 0.417 e. The summed E-state index contributed by atoms with van der Waals surface area (Å²) in [5.41, 5.74) is 3.10. The lowest BCUT2D eigenvalue weighted by atomic mass is 10.1. The van der Waals surface area contributed by atoms with Gasteiger partial charge >= 0.3 is 12.1 Å². The van der Waals surface area contributed by atoms with Crippen LogP contribution < -0.4 is 19.5 Å². The van der Waals surface area contributed by atoms with E-state index >= 15 is 0 Å². The van der Waals surface area contributed by atoms with Crippen molar-refractivity contribution in [3.05, 3.63) is 109 Å². The van der Waals surface area contributed by atoms with E-state index in [1.807, 2.05) is 30.3 Å². The van der Waals surface area contributed by atoms with Gasteiger partial charge < -0.3 is 14.6 Å². The molecule has 0 aliphatic carbocycles. The third kappa shape index (κ3) is 8.17. The highest BCUT2D eigenvalue weighted by molar-refractivity contribution is 7.89. The predicted molar refractivity (Wildman–Crippen MR) is 155 cm³/mol. The van der Waals surface area contributed by atoms with Gasteiger partial charge in [-0.2, -0.15) is 4.72 Å². The molecule has 10 heteroatoms. The molecule has 0 radical (unpaired) electrons. The molecule has 0 saturated carbocycles. The molecule has 4 rings (SSSR count). The molecule has 0 fully saturated rings. The first kappa shape index (κ1) is 29.3. The van der Waals surface area contributed by atoms with Gasteiger partial charge in [-0.1, -0.05) is 68.4 Å². The molecule has 3 N–H and O–H groups in total. The number of carbonyl (C=O) groups excluding carboxylic acids is 1. The number of carbonyl (C=O) groups is 2. The third-order valence-corrected chi connectivity index (χ3v) is 7.58. The first-order chi connectivity index (χ1) is 19.6. The highest BCUT2D eigenvalue weighted by Crippen LogP contribution is 2.25. The molecule has 4 aromatic rings. The fourth-order valence-electron chi connectivity index (χ4n) is 3.87. The maximum atomic E-state index is 12.6. The Morgan fingerprint density at radius 3 is 1.90 bits per heavy atom. The molecule has 0 spiro atoms. The smallest absolute Gasteiger partial charge is 0.417 e. The summed E-state index contributed by atoms with van der Waals surface area (Å²) in [4.78, 5) is 23.7. The van der Waals surface area contributed by atoms with Crippen molar-refractivity contribution in [2.75, 3.05) is 5.32 Å². The van der Waals surface area contributed by atoms with Gasteiger partial charge in [0.25, 0.3) is 0 Å². The molecule has 212 valence electrons. The molecule has 0 aliphatic rings. The number of sulfonamides is 1. The van der Waals surface area contributed by atoms with Gasteiger partial charge in [-0.25, -0.2) is 13.2 Å². The molecule has 0 bridgehead atoms. The Morgan fingerprint density at radius 2 is 1.34 bits per heavy atom. The van der Waals surface area contributed by atoms with Gasteiger partial charge in [0, 0.05) is 5.69 Å². The fraction of sp³-hybridized carbons (Fsp3) is 0.161. The number of nitrogens with one attached hydrogen (secondary N) is 2. The summed E-state index contributed by atoms with van der Waals surface area (Å²) < 4.78 is 38.6. The molecule has 0 aliphatic heterocycles. The summed E-state index contributed by atoms with van der Waals surface area (Å²) >= 11 is 0. The summed E-state index contributed by atoms with van der Waals surface area (Å²) in [6.07, 6.45) is -0.654. The van der Waals surface area contributed by atoms with Gasteiger partial charge in [-0.05, 0) is 71.1 Å². The summed E-state index contributed by atoms with van der Waals surface area (Å²) in [5.74, 6) is -0.663. The van der Waals surface area contributed by atoms with Crippen molar-refractivity contribution < 1.29 is 32.6 Å². The Bertz CT molecular complexity index is 1570. The highest BCUT2D eigenvalue weighted by atomic mass is 32.2. The van der Waals surface area contributed by atoms with Gasteiger partial charge in [0.1, 0.15) is 24.1 Å². The zero-order valence-corrected chi connectivity index (χ0v) is 23.3. The molecular formula is C31H30N2O7S. The number of carboxylic acids is 1. The lowest BCUT2D eigenvalue weighted by Gasteiger charge is -2.18. The molecule has 4 aromatic carbocycles. The van der Waals surface area contributed by atoms with Crippen molar-refractivity contribution in [3.63, 3.8) is 0 Å². The van der Waals surface area contributed by atoms with E-state index in [0.29, 0.717) is 23.8 Å². The second kappa shape index (κ2) is 13.1. The number of hydrogen-bond acceptors (Lipinski definition) is 6. The minimum absolute atomic E-state index is 0.0411. The van der Waals surface area contributed by atoms with Crippen molar-refractivity contribution in [1.82, 2.24) is 4.72 Å². The molecule has 0 saturated heterocycles. The van der Waals surface area contributed by atoms with Gasteiger partial charge in [-0.15, -0.1) is 0 Å². The number of hydrogen-bond donors (Lipinski definition) is 3. The molecule has 0 heterocycles. The predicted octanol–water partition coefficient (Wildman–Crippen LogP) is 5.93. The Morgan fingerprint density at radius 1 is 0.780 bits per heavy atom. The molecule has 9 nitrogen and oxygen atoms in total. The summed E-state index contributed by atoms with van der Waals surface area (Å²) in [7, 11) is -4.01. The van der Waals surface area contributed by atoms with Gasteiger partial charge in [0.2, 0.25) is 10.0 Å². The number of benzene rings is 4. The average Bonchev–Trinajstić information content (AvgIpc) is 2.96. The zero-order valence-electron chi connectivity index (χ0n) is 22.5. The Labute approximate surface area is 238 Å². The van der Waals surface area contributed by atoms with Crippen molar-refractivity contribution in [2.45, 2.75) is 31.4 Å². The van der Waals surface area contributed by atoms with Crippen molar-refractivity contribution in [3.8, 4) is 22.6 Å². The normalized spacial score (nSPS) is 12.0. The zero-order chi connectivity index (χ0) is 29.4. The van der Waals surface area contributed by atoms with E-state index < -0.39 is 34.0 Å². The maximum absolute atomic E-state index is 12.6. The second-order valence-corrected chi connectivity index (χ2v) is 11.3. The highest BCUT2D eigenvalue weighted by Gasteiger charge is 2.28. The Balaban J connectivity index is 1.31. The molecule has 0 unspecified atom stereocenters. The second-order valence-electron chi connectivity index (χ2n) is 9.54. The number of amides is 1. The Kier molecular flexibility index (Phi) is 9.38. The van der Waals surface area contributed by atoms with Crippen LogP contribution in [0, 0.1) is 5.92 Å². The van der Waals surface area contributed by atoms with E-state index in [1.165, 1.54) is 12.1 Å². The van der Waals surface area contributed by atoms with Crippen molar-refractivity contribution in [1.29, 1.82) is 0 Å². The van der Waals surface area contributed by atoms with E-state index in [4.69, 9.17) is 9.47 Å². The van der Waals surface area contributed by atoms with E-state index in [0.717, 1.165) is 16.7 Å². The monoisotopic (exact) mass is 574 g/mol. The summed E-state index contributed by atoms with van der Waals surface area (Å²) in [5, 5.41) is 12.0. The first-order valence-electron chi connectivity index (χ1n) is 12.8. The van der Waals surface area contributed by atoms with E-state index in [2.05, 4.69) is 10.0 Å². The number of carboxylic acid groups (broad SMARTS) is 1. The minimum atomic E-state index is -4.01. The van der Waals surface area contributed by atoms with Crippen LogP contribution >= 0.6 is 0 Å². The fourth-order valence-corrected chi connectivity index (χ4v) is 5.21. The molecular weight excluding hydrogens is 544 g/mol. The molecule has 41 heavy (non-hydrogen) atoms. The average molecular weight is 575 g/mol. The molecule has 0 aromatic heterocycles. The standard InChI is InChI=1S/C31H30N2O7S/c1-21(2)29(30(34)35)33-41(37,38)28-18-10-24(11-19-28)23-8-14-27(15-9-23)40-31(36)32-25-12-16-26(17-13-25)39-20-22-6-4-3-5-7-22/h3-19,21,29,33H,20H2,1-2H3,(H,32,36)(H,34,35)/t29-/m1/s1. The van der Waals surface area contributed by atoms with E-state index in [1.54, 1.807) is 74.5 Å². The minimum Gasteiger partial charge on any atom is -0.489 e. The number of ether oxygens (including phenoxy) is 2. The van der Waals surface area contributed by atoms with Crippen LogP contribution in [0.2, 0.25) is 0 Å². The summed E-state index contributed by atoms with van der Waals surface area (Å²) in [6, 6.07) is 28.3. The van der Waals surface area contributed by atoms with Crippen LogP contribution in [0.25, 0.3) is 11.1 Å². The number of anilines is 1. The first-order valence-corrected chi connectivity index (χ1v) is 14.3. The molecule has 1 amide bonds. The van der Waals surface area contributed by atoms with Crippen LogP contribution in [0.15, 0.2) is 108 Å². The molecule has 1 atom stereocenters. The van der Waals surface area contributed by atoms with E-state index in [9.17, 15) is 23.1 Å². The van der Waals surface area contributed by atoms with Crippen LogP contribution in [0.5, 0.6) is 11.5 Å². The number of aliphatic carboxylic acids is 1. The van der Waals surface area contributed by atoms with Gasteiger partial charge in [0.05, 0.1) is 4.90 Å². The van der Waals surface area contributed by atoms with Crippen LogP contribution in [-0.2, 0) is 21.4 Å². The van der Waals surface area contributed by atoms with Crippen molar-refractivity contribution in [2.24, 2.45) is 5.92 Å². The lowest BCUT2D eigenvalue weighted by molar-refractivity contribution is -0.140. The van der Waals surface area contributed by atoms with Crippen LogP contribution in [0.3, 0.4) is 0 Å². The van der Waals surface area contributed by atoms with E-state index in [-0.39, 0.29) is 4.90 Å². The topological polar surface area (TPSA) is 131 Å². The lowest BCUT2D eigenvalue weighted by Crippen LogP contribution is -2.44. The quantitative estimate of drug-likeness (QED) is 0.202.